The molecular formula is C23H23ClN4O3. The van der Waals surface area contributed by atoms with E-state index in [1.807, 2.05) is 41.8 Å². The maximum Gasteiger partial charge on any atom is 0.253 e. The van der Waals surface area contributed by atoms with E-state index >= 15 is 0 Å². The molecule has 3 heterocycles. The van der Waals surface area contributed by atoms with E-state index in [-0.39, 0.29) is 24.3 Å². The van der Waals surface area contributed by atoms with Gasteiger partial charge in [-0.05, 0) is 49.6 Å². The van der Waals surface area contributed by atoms with Gasteiger partial charge in [0.25, 0.3) is 5.91 Å². The highest BCUT2D eigenvalue weighted by atomic mass is 35.5. The molecule has 2 atom stereocenters. The Kier molecular flexibility index (Phi) is 5.16. The molecule has 0 saturated carbocycles. The quantitative estimate of drug-likeness (QED) is 0.650. The zero-order chi connectivity index (χ0) is 21.5. The third kappa shape index (κ3) is 3.68. The Hall–Kier alpha value is -2.90. The smallest absolute Gasteiger partial charge is 0.253 e. The average Bonchev–Trinajstić information content (AvgIpc) is 3.44. The molecule has 7 nitrogen and oxygen atoms in total. The molecule has 1 N–H and O–H groups in total. The highest BCUT2D eigenvalue weighted by Gasteiger charge is 2.42. The summed E-state index contributed by atoms with van der Waals surface area (Å²) < 4.78 is 7.64. The number of para-hydroxylation sites is 2. The number of amides is 2. The van der Waals surface area contributed by atoms with Gasteiger partial charge in [-0.15, -0.1) is 0 Å². The number of anilines is 2. The molecule has 5 rings (SSSR count). The Balaban J connectivity index is 1.44. The summed E-state index contributed by atoms with van der Waals surface area (Å²) >= 11 is 6.08. The Morgan fingerprint density at radius 3 is 2.94 bits per heavy atom. The van der Waals surface area contributed by atoms with Crippen molar-refractivity contribution in [3.05, 3.63) is 53.1 Å². The van der Waals surface area contributed by atoms with Crippen LogP contribution in [0, 0.1) is 6.92 Å². The van der Waals surface area contributed by atoms with Gasteiger partial charge in [-0.25, -0.2) is 4.98 Å². The lowest BCUT2D eigenvalue weighted by molar-refractivity contribution is -0.124. The fraction of sp³-hybridized carbons (Fsp3) is 0.348. The summed E-state index contributed by atoms with van der Waals surface area (Å²) in [6.07, 6.45) is 1.93. The molecule has 31 heavy (non-hydrogen) atoms. The molecule has 3 aromatic rings. The summed E-state index contributed by atoms with van der Waals surface area (Å²) in [5, 5.41) is 3.45. The predicted molar refractivity (Wildman–Crippen MR) is 120 cm³/mol. The standard InChI is InChI=1S/C23H23ClN4O3/c1-14-8-9-15(24)11-18(14)25-21(29)12-20-22(30)27(13-16-5-4-10-31-16)23-26-17-6-2-3-7-19(17)28(20)23/h2-3,6-9,11,16,20H,4-5,10,12-13H2,1H3,(H,25,29). The number of hydrogen-bond donors (Lipinski definition) is 1. The van der Waals surface area contributed by atoms with Crippen molar-refractivity contribution in [2.24, 2.45) is 0 Å². The van der Waals surface area contributed by atoms with Gasteiger partial charge in [-0.3, -0.25) is 19.1 Å². The van der Waals surface area contributed by atoms with Gasteiger partial charge in [0.2, 0.25) is 11.9 Å². The summed E-state index contributed by atoms with van der Waals surface area (Å²) in [6, 6.07) is 12.4. The highest BCUT2D eigenvalue weighted by molar-refractivity contribution is 6.31. The SMILES string of the molecule is Cc1ccc(Cl)cc1NC(=O)CC1C(=O)N(CC2CCCO2)c2nc3ccccc3n21. The number of hydrogen-bond acceptors (Lipinski definition) is 4. The summed E-state index contributed by atoms with van der Waals surface area (Å²) in [5.74, 6) is 0.214. The van der Waals surface area contributed by atoms with Crippen LogP contribution in [0.4, 0.5) is 11.6 Å². The maximum atomic E-state index is 13.4. The zero-order valence-electron chi connectivity index (χ0n) is 17.2. The number of nitrogens with zero attached hydrogens (tertiary/aromatic N) is 3. The van der Waals surface area contributed by atoms with Gasteiger partial charge in [0.05, 0.1) is 30.1 Å². The van der Waals surface area contributed by atoms with E-state index in [1.165, 1.54) is 0 Å². The number of rotatable bonds is 5. The molecule has 0 radical (unpaired) electrons. The molecule has 160 valence electrons. The van der Waals surface area contributed by atoms with Gasteiger partial charge >= 0.3 is 0 Å². The molecule has 2 aliphatic heterocycles. The van der Waals surface area contributed by atoms with Gasteiger partial charge < -0.3 is 10.1 Å². The van der Waals surface area contributed by atoms with Gasteiger partial charge in [-0.1, -0.05) is 29.8 Å². The Morgan fingerprint density at radius 2 is 2.13 bits per heavy atom. The molecule has 0 aliphatic carbocycles. The van der Waals surface area contributed by atoms with Crippen LogP contribution in [0.5, 0.6) is 0 Å². The number of aryl methyl sites for hydroxylation is 1. The first-order chi connectivity index (χ1) is 15.0. The van der Waals surface area contributed by atoms with Gasteiger partial charge in [-0.2, -0.15) is 0 Å². The number of carbonyl (C=O) groups excluding carboxylic acids is 2. The largest absolute Gasteiger partial charge is 0.376 e. The summed E-state index contributed by atoms with van der Waals surface area (Å²) in [7, 11) is 0. The van der Waals surface area contributed by atoms with Crippen molar-refractivity contribution in [2.45, 2.75) is 38.3 Å². The molecule has 1 fully saturated rings. The average molecular weight is 439 g/mol. The third-order valence-electron chi connectivity index (χ3n) is 5.94. The molecule has 1 aromatic heterocycles. The fourth-order valence-corrected chi connectivity index (χ4v) is 4.54. The van der Waals surface area contributed by atoms with Crippen molar-refractivity contribution in [3.63, 3.8) is 0 Å². The van der Waals surface area contributed by atoms with E-state index < -0.39 is 6.04 Å². The number of nitrogens with one attached hydrogen (secondary N) is 1. The van der Waals surface area contributed by atoms with Crippen LogP contribution < -0.4 is 10.2 Å². The van der Waals surface area contributed by atoms with E-state index in [9.17, 15) is 9.59 Å². The van der Waals surface area contributed by atoms with Crippen molar-refractivity contribution in [3.8, 4) is 0 Å². The van der Waals surface area contributed by atoms with Gasteiger partial charge in [0, 0.05) is 17.3 Å². The second-order valence-corrected chi connectivity index (χ2v) is 8.52. The zero-order valence-corrected chi connectivity index (χ0v) is 17.9. The summed E-state index contributed by atoms with van der Waals surface area (Å²) in [6.45, 7) is 3.07. The first kappa shape index (κ1) is 20.0. The number of aromatic nitrogens is 2. The topological polar surface area (TPSA) is 76.5 Å². The molecule has 8 heteroatoms. The molecular weight excluding hydrogens is 416 g/mol. The maximum absolute atomic E-state index is 13.4. The second-order valence-electron chi connectivity index (χ2n) is 8.08. The lowest BCUT2D eigenvalue weighted by Crippen LogP contribution is -2.37. The predicted octanol–water partition coefficient (Wildman–Crippen LogP) is 4.09. The number of halogens is 1. The number of benzene rings is 2. The van der Waals surface area contributed by atoms with E-state index in [2.05, 4.69) is 5.32 Å². The van der Waals surface area contributed by atoms with Crippen molar-refractivity contribution >= 4 is 46.1 Å². The first-order valence-corrected chi connectivity index (χ1v) is 10.8. The molecule has 2 aliphatic rings. The van der Waals surface area contributed by atoms with Crippen LogP contribution in [0.2, 0.25) is 5.02 Å². The fourth-order valence-electron chi connectivity index (χ4n) is 4.37. The normalized spacial score (nSPS) is 20.5. The Labute approximate surface area is 184 Å². The van der Waals surface area contributed by atoms with Crippen molar-refractivity contribution < 1.29 is 14.3 Å². The van der Waals surface area contributed by atoms with Crippen LogP contribution in [0.3, 0.4) is 0 Å². The molecule has 0 bridgehead atoms. The Morgan fingerprint density at radius 1 is 1.29 bits per heavy atom. The van der Waals surface area contributed by atoms with Crippen LogP contribution in [-0.4, -0.2) is 40.6 Å². The highest BCUT2D eigenvalue weighted by Crippen LogP contribution is 2.37. The van der Waals surface area contributed by atoms with Crippen LogP contribution in [0.15, 0.2) is 42.5 Å². The number of carbonyl (C=O) groups is 2. The van der Waals surface area contributed by atoms with Crippen molar-refractivity contribution in [1.82, 2.24) is 9.55 Å². The molecule has 2 unspecified atom stereocenters. The third-order valence-corrected chi connectivity index (χ3v) is 6.18. The van der Waals surface area contributed by atoms with Crippen LogP contribution >= 0.6 is 11.6 Å². The lowest BCUT2D eigenvalue weighted by atomic mass is 10.1. The minimum absolute atomic E-state index is 0.00102. The monoisotopic (exact) mass is 438 g/mol. The van der Waals surface area contributed by atoms with Crippen molar-refractivity contribution in [2.75, 3.05) is 23.4 Å². The van der Waals surface area contributed by atoms with Gasteiger partial charge in [0.15, 0.2) is 0 Å². The summed E-state index contributed by atoms with van der Waals surface area (Å²) in [4.78, 5) is 32.7. The minimum Gasteiger partial charge on any atom is -0.376 e. The molecule has 2 aromatic carbocycles. The number of ether oxygens (including phenoxy) is 1. The molecule has 1 saturated heterocycles. The Bertz CT molecular complexity index is 1170. The second kappa shape index (κ2) is 7.98. The van der Waals surface area contributed by atoms with Gasteiger partial charge in [0.1, 0.15) is 6.04 Å². The van der Waals surface area contributed by atoms with Crippen LogP contribution in [0.25, 0.3) is 11.0 Å². The minimum atomic E-state index is -0.650. The first-order valence-electron chi connectivity index (χ1n) is 10.5. The van der Waals surface area contributed by atoms with Crippen molar-refractivity contribution in [1.29, 1.82) is 0 Å². The molecule has 0 spiro atoms. The van der Waals surface area contributed by atoms with Crippen LogP contribution in [0.1, 0.15) is 30.9 Å². The lowest BCUT2D eigenvalue weighted by Gasteiger charge is -2.19. The summed E-state index contributed by atoms with van der Waals surface area (Å²) in [5.41, 5.74) is 3.20. The van der Waals surface area contributed by atoms with Crippen LogP contribution in [-0.2, 0) is 14.3 Å². The van der Waals surface area contributed by atoms with E-state index in [0.29, 0.717) is 29.8 Å². The number of fused-ring (bicyclic) bond motifs is 3. The van der Waals surface area contributed by atoms with E-state index in [4.69, 9.17) is 21.3 Å². The molecule has 2 amide bonds. The van der Waals surface area contributed by atoms with E-state index in [1.54, 1.807) is 17.0 Å². The van der Waals surface area contributed by atoms with E-state index in [0.717, 1.165) is 29.4 Å². The number of imidazole rings is 1.